The lowest BCUT2D eigenvalue weighted by molar-refractivity contribution is -0.134. The molecule has 1 aliphatic rings. The molecule has 3 aromatic rings. The Morgan fingerprint density at radius 2 is 1.57 bits per heavy atom. The Labute approximate surface area is 181 Å². The van der Waals surface area contributed by atoms with E-state index in [2.05, 4.69) is 17.4 Å². The molecule has 3 aromatic carbocycles. The number of nitrogens with one attached hydrogen (secondary N) is 1. The molecule has 0 aromatic heterocycles. The van der Waals surface area contributed by atoms with Crippen LogP contribution in [0.25, 0.3) is 0 Å². The van der Waals surface area contributed by atoms with E-state index in [1.165, 1.54) is 11.1 Å². The summed E-state index contributed by atoms with van der Waals surface area (Å²) in [6, 6.07) is 24.0. The Morgan fingerprint density at radius 1 is 0.900 bits per heavy atom. The molecule has 0 bridgehead atoms. The van der Waals surface area contributed by atoms with Crippen LogP contribution in [-0.4, -0.2) is 29.3 Å². The van der Waals surface area contributed by atoms with Gasteiger partial charge in [-0.15, -0.1) is 0 Å². The maximum absolute atomic E-state index is 13.4. The fourth-order valence-electron chi connectivity index (χ4n) is 3.80. The van der Waals surface area contributed by atoms with Crippen molar-refractivity contribution < 1.29 is 9.59 Å². The molecule has 5 heteroatoms. The summed E-state index contributed by atoms with van der Waals surface area (Å²) in [7, 11) is 0. The van der Waals surface area contributed by atoms with Crippen molar-refractivity contribution in [1.29, 1.82) is 0 Å². The lowest BCUT2D eigenvalue weighted by Crippen LogP contribution is -2.50. The highest BCUT2D eigenvalue weighted by molar-refractivity contribution is 6.30. The minimum Gasteiger partial charge on any atom is -0.340 e. The number of carbonyl (C=O) groups is 2. The van der Waals surface area contributed by atoms with E-state index in [1.54, 1.807) is 24.3 Å². The lowest BCUT2D eigenvalue weighted by Gasteiger charge is -2.32. The molecular formula is C25H23ClN2O2. The Kier molecular flexibility index (Phi) is 6.15. The Balaban J connectivity index is 1.54. The van der Waals surface area contributed by atoms with Crippen LogP contribution < -0.4 is 5.32 Å². The second-order valence-corrected chi connectivity index (χ2v) is 7.94. The number of fused-ring (bicyclic) bond motifs is 1. The molecule has 0 fully saturated rings. The molecule has 1 heterocycles. The Hall–Kier alpha value is -3.11. The van der Waals surface area contributed by atoms with Crippen LogP contribution in [0, 0.1) is 0 Å². The third kappa shape index (κ3) is 4.71. The normalized spacial score (nSPS) is 14.0. The second-order valence-electron chi connectivity index (χ2n) is 7.50. The van der Waals surface area contributed by atoms with E-state index in [4.69, 9.17) is 11.6 Å². The summed E-state index contributed by atoms with van der Waals surface area (Å²) in [5, 5.41) is 3.51. The number of benzene rings is 3. The molecule has 1 atom stereocenters. The quantitative estimate of drug-likeness (QED) is 0.672. The predicted octanol–water partition coefficient (Wildman–Crippen LogP) is 4.27. The molecule has 1 aliphatic heterocycles. The summed E-state index contributed by atoms with van der Waals surface area (Å²) in [6.07, 6.45) is 1.27. The summed E-state index contributed by atoms with van der Waals surface area (Å²) < 4.78 is 0. The molecule has 0 saturated carbocycles. The van der Waals surface area contributed by atoms with Crippen molar-refractivity contribution in [3.05, 3.63) is 106 Å². The van der Waals surface area contributed by atoms with Gasteiger partial charge in [-0.2, -0.15) is 0 Å². The van der Waals surface area contributed by atoms with Gasteiger partial charge in [0, 0.05) is 30.1 Å². The van der Waals surface area contributed by atoms with Gasteiger partial charge in [0.2, 0.25) is 5.91 Å². The van der Waals surface area contributed by atoms with Gasteiger partial charge in [0.1, 0.15) is 6.04 Å². The van der Waals surface area contributed by atoms with Gasteiger partial charge < -0.3 is 10.2 Å². The smallest absolute Gasteiger partial charge is 0.251 e. The summed E-state index contributed by atoms with van der Waals surface area (Å²) in [4.78, 5) is 28.1. The summed E-state index contributed by atoms with van der Waals surface area (Å²) in [5.41, 5.74) is 3.94. The van der Waals surface area contributed by atoms with Crippen LogP contribution in [0.2, 0.25) is 5.02 Å². The molecule has 0 spiro atoms. The fourth-order valence-corrected chi connectivity index (χ4v) is 3.92. The van der Waals surface area contributed by atoms with Crippen LogP contribution in [-0.2, 0) is 24.2 Å². The van der Waals surface area contributed by atoms with Gasteiger partial charge in [-0.3, -0.25) is 9.59 Å². The number of halogens is 1. The first-order valence-corrected chi connectivity index (χ1v) is 10.4. The van der Waals surface area contributed by atoms with Crippen LogP contribution in [0.1, 0.15) is 27.0 Å². The van der Waals surface area contributed by atoms with E-state index in [1.807, 2.05) is 47.4 Å². The largest absolute Gasteiger partial charge is 0.340 e. The highest BCUT2D eigenvalue weighted by Crippen LogP contribution is 2.20. The number of carbonyl (C=O) groups excluding carboxylic acids is 2. The van der Waals surface area contributed by atoms with Crippen LogP contribution in [0.15, 0.2) is 78.9 Å². The average Bonchev–Trinajstić information content (AvgIpc) is 2.79. The highest BCUT2D eigenvalue weighted by atomic mass is 35.5. The van der Waals surface area contributed by atoms with E-state index >= 15 is 0 Å². The SMILES string of the molecule is O=C(NC(Cc1ccccc1)C(=O)N1CCc2ccccc2C1)c1ccc(Cl)cc1. The van der Waals surface area contributed by atoms with Crippen molar-refractivity contribution in [3.8, 4) is 0 Å². The van der Waals surface area contributed by atoms with Crippen LogP contribution in [0.4, 0.5) is 0 Å². The zero-order valence-electron chi connectivity index (χ0n) is 16.6. The fraction of sp³-hybridized carbons (Fsp3) is 0.200. The van der Waals surface area contributed by atoms with Crippen LogP contribution in [0.3, 0.4) is 0 Å². The molecule has 4 rings (SSSR count). The second kappa shape index (κ2) is 9.14. The highest BCUT2D eigenvalue weighted by Gasteiger charge is 2.29. The number of nitrogens with zero attached hydrogens (tertiary/aromatic N) is 1. The lowest BCUT2D eigenvalue weighted by atomic mass is 9.98. The summed E-state index contributed by atoms with van der Waals surface area (Å²) in [6.45, 7) is 1.22. The molecule has 152 valence electrons. The minimum absolute atomic E-state index is 0.0596. The molecule has 1 unspecified atom stereocenters. The number of amides is 2. The average molecular weight is 419 g/mol. The van der Waals surface area contributed by atoms with E-state index < -0.39 is 6.04 Å². The third-order valence-corrected chi connectivity index (χ3v) is 5.69. The van der Waals surface area contributed by atoms with E-state index in [0.29, 0.717) is 30.1 Å². The molecule has 0 saturated heterocycles. The molecule has 30 heavy (non-hydrogen) atoms. The zero-order valence-corrected chi connectivity index (χ0v) is 17.3. The Morgan fingerprint density at radius 3 is 2.30 bits per heavy atom. The standard InChI is InChI=1S/C25H23ClN2O2/c26-22-12-10-20(11-13-22)24(29)27-23(16-18-6-2-1-3-7-18)25(30)28-15-14-19-8-4-5-9-21(19)17-28/h1-13,23H,14-17H2,(H,27,29). The molecule has 1 N–H and O–H groups in total. The maximum Gasteiger partial charge on any atom is 0.251 e. The number of hydrogen-bond donors (Lipinski definition) is 1. The van der Waals surface area contributed by atoms with Crippen molar-refractivity contribution in [3.63, 3.8) is 0 Å². The van der Waals surface area contributed by atoms with Crippen molar-refractivity contribution >= 4 is 23.4 Å². The van der Waals surface area contributed by atoms with E-state index in [-0.39, 0.29) is 11.8 Å². The van der Waals surface area contributed by atoms with Crippen LogP contribution in [0.5, 0.6) is 0 Å². The first kappa shape index (κ1) is 20.2. The molecular weight excluding hydrogens is 396 g/mol. The molecule has 0 aliphatic carbocycles. The first-order valence-electron chi connectivity index (χ1n) is 10.1. The van der Waals surface area contributed by atoms with Gasteiger partial charge in [0.25, 0.3) is 5.91 Å². The molecule has 0 radical (unpaired) electrons. The van der Waals surface area contributed by atoms with Gasteiger partial charge >= 0.3 is 0 Å². The topological polar surface area (TPSA) is 49.4 Å². The van der Waals surface area contributed by atoms with Crippen molar-refractivity contribution in [1.82, 2.24) is 10.2 Å². The van der Waals surface area contributed by atoms with Gasteiger partial charge in [0.15, 0.2) is 0 Å². The van der Waals surface area contributed by atoms with Gasteiger partial charge in [0.05, 0.1) is 0 Å². The van der Waals surface area contributed by atoms with Crippen molar-refractivity contribution in [2.24, 2.45) is 0 Å². The van der Waals surface area contributed by atoms with E-state index in [0.717, 1.165) is 12.0 Å². The summed E-state index contributed by atoms with van der Waals surface area (Å²) >= 11 is 5.93. The number of hydrogen-bond acceptors (Lipinski definition) is 2. The predicted molar refractivity (Wildman–Crippen MR) is 118 cm³/mol. The molecule has 2 amide bonds. The van der Waals surface area contributed by atoms with E-state index in [9.17, 15) is 9.59 Å². The Bertz CT molecular complexity index is 1030. The molecule has 4 nitrogen and oxygen atoms in total. The van der Waals surface area contributed by atoms with Gasteiger partial charge in [-0.1, -0.05) is 66.2 Å². The van der Waals surface area contributed by atoms with Gasteiger partial charge in [-0.05, 0) is 47.4 Å². The van der Waals surface area contributed by atoms with Crippen LogP contribution >= 0.6 is 11.6 Å². The zero-order chi connectivity index (χ0) is 20.9. The number of rotatable bonds is 5. The minimum atomic E-state index is -0.638. The monoisotopic (exact) mass is 418 g/mol. The maximum atomic E-state index is 13.4. The summed E-state index contributed by atoms with van der Waals surface area (Å²) in [5.74, 6) is -0.339. The first-order chi connectivity index (χ1) is 14.6. The van der Waals surface area contributed by atoms with Crippen molar-refractivity contribution in [2.45, 2.75) is 25.4 Å². The third-order valence-electron chi connectivity index (χ3n) is 5.43. The van der Waals surface area contributed by atoms with Crippen molar-refractivity contribution in [2.75, 3.05) is 6.54 Å². The van der Waals surface area contributed by atoms with Gasteiger partial charge in [-0.25, -0.2) is 0 Å².